The Morgan fingerprint density at radius 1 is 0.363 bits per heavy atom. The number of aromatic carboxylic acids is 1. The van der Waals surface area contributed by atoms with E-state index in [-0.39, 0.29) is 174 Å². The predicted octanol–water partition coefficient (Wildman–Crippen LogP) is 7.85. The Bertz CT molecular complexity index is 5700. The monoisotopic (exact) mass is 2040 g/mol. The Morgan fingerprint density at radius 2 is 0.671 bits per heavy atom. The van der Waals surface area contributed by atoms with Crippen molar-refractivity contribution in [1.29, 1.82) is 0 Å². The number of ether oxygens (including phenoxy) is 7. The minimum Gasteiger partial charge on any atom is -0.496 e. The van der Waals surface area contributed by atoms with Crippen LogP contribution in [0, 0.1) is 76.9 Å². The molecule has 9 aliphatic rings. The molecule has 16 N–H and O–H groups in total. The number of carbonyl (C=O) groups excluding carboxylic acids is 14. The maximum absolute atomic E-state index is 13.8. The number of hydrogen-bond donors (Lipinski definition) is 14. The third kappa shape index (κ3) is 30.5. The quantitative estimate of drug-likeness (QED) is 0.0108. The number of aliphatic carboxylic acids is 1. The fraction of sp³-hybridized carbons (Fsp3) is 0.481. The first kappa shape index (κ1) is 114. The van der Waals surface area contributed by atoms with E-state index in [1.807, 2.05) is 97.9 Å². The van der Waals surface area contributed by atoms with Crippen LogP contribution in [-0.4, -0.2) is 228 Å². The van der Waals surface area contributed by atoms with E-state index in [2.05, 4.69) is 98.4 Å². The Kier molecular flexibility index (Phi) is 42.7. The topological polar surface area (TPSA) is 558 Å². The number of halogens is 1. The maximum Gasteiger partial charge on any atom is 0.352 e. The van der Waals surface area contributed by atoms with Gasteiger partial charge in [0.05, 0.1) is 73.3 Å². The number of nitrogens with two attached hydrogens (primary N) is 2. The molecule has 4 aliphatic carbocycles. The highest BCUT2D eigenvalue weighted by Gasteiger charge is 2.43. The molecule has 7 heterocycles. The molecule has 0 spiro atoms. The summed E-state index contributed by atoms with van der Waals surface area (Å²) in [5.41, 5.74) is 23.8. The lowest BCUT2D eigenvalue weighted by atomic mass is 9.84. The molecule has 6 aromatic carbocycles. The number of esters is 5. The van der Waals surface area contributed by atoms with E-state index in [1.165, 1.54) is 68.9 Å². The second-order valence-electron chi connectivity index (χ2n) is 38.3. The van der Waals surface area contributed by atoms with Crippen molar-refractivity contribution in [2.75, 3.05) is 82.5 Å². The van der Waals surface area contributed by atoms with Crippen molar-refractivity contribution in [2.24, 2.45) is 88.4 Å². The number of nitrogens with one attached hydrogen (secondary N) is 10. The molecule has 14 atom stereocenters. The van der Waals surface area contributed by atoms with Crippen LogP contribution >= 0.6 is 12.4 Å². The second-order valence-corrected chi connectivity index (χ2v) is 38.3. The van der Waals surface area contributed by atoms with Gasteiger partial charge in [0, 0.05) is 102 Å². The Hall–Kier alpha value is -14.1. The van der Waals surface area contributed by atoms with Crippen molar-refractivity contribution >= 4 is 129 Å². The Balaban J connectivity index is 0.000000182. The summed E-state index contributed by atoms with van der Waals surface area (Å²) in [7, 11) is 9.62. The number of benzene rings is 6. The van der Waals surface area contributed by atoms with Crippen molar-refractivity contribution in [3.8, 4) is 11.5 Å². The highest BCUT2D eigenvalue weighted by atomic mass is 35.5. The van der Waals surface area contributed by atoms with Crippen LogP contribution in [0.1, 0.15) is 157 Å². The molecule has 5 fully saturated rings. The number of aromatic nitrogens is 2. The van der Waals surface area contributed by atoms with E-state index in [1.54, 1.807) is 46.3 Å². The average molecular weight is 2040 g/mol. The summed E-state index contributed by atoms with van der Waals surface area (Å²) in [6.07, 6.45) is 11.5. The number of amides is 8. The molecule has 0 radical (unpaired) electrons. The van der Waals surface area contributed by atoms with Crippen molar-refractivity contribution in [3.63, 3.8) is 0 Å². The van der Waals surface area contributed by atoms with E-state index in [9.17, 15) is 76.7 Å². The van der Waals surface area contributed by atoms with E-state index in [0.717, 1.165) is 90.8 Å². The van der Waals surface area contributed by atoms with Crippen LogP contribution < -0.4 is 63.5 Å². The molecule has 5 saturated heterocycles. The van der Waals surface area contributed by atoms with Gasteiger partial charge in [0.25, 0.3) is 0 Å². The summed E-state index contributed by atoms with van der Waals surface area (Å²) in [5, 5.41) is 41.3. The predicted molar refractivity (Wildman–Crippen MR) is 541 cm³/mol. The SMILES string of the molecule is COC(=O)[C@@H](C)C[C@@H]1CCNC1=O.COC(=O)[C@@H](N)C[C@@H]1CCNC1=O.COC(=O)[C@H](C[C@@H]1CCNC1=O)NC(=O)[C@@H](C)C1Cc2ccccc2C1.COC(=O)[C@H](C[C@@H]1CCNC1=O)NC(=O)[C@@H](CC(=O)c1cc2c(OC)cccc2[nH]1)C1Cc2ccccc2C1.COC(=O)[C@H](C[C@@H]1CCNC1=O)NC(=O)[C@@H](N)C1Cc2ccccc2C1.COc1cccc2[nH]c(C(=O)O)cc12.C[C@H](C(=O)O)C1Cc2ccccc2C1.Cl. The van der Waals surface area contributed by atoms with Gasteiger partial charge in [0.2, 0.25) is 47.3 Å². The van der Waals surface area contributed by atoms with E-state index in [4.69, 9.17) is 45.4 Å². The molecule has 2 aromatic heterocycles. The molecule has 0 bridgehead atoms. The zero-order chi connectivity index (χ0) is 105. The van der Waals surface area contributed by atoms with Gasteiger partial charge in [0.15, 0.2) is 5.78 Å². The molecule has 146 heavy (non-hydrogen) atoms. The van der Waals surface area contributed by atoms with Crippen LogP contribution in [0.4, 0.5) is 0 Å². The van der Waals surface area contributed by atoms with Crippen LogP contribution in [0.25, 0.3) is 21.8 Å². The molecule has 0 saturated carbocycles. The molecule has 37 nitrogen and oxygen atoms in total. The second kappa shape index (κ2) is 54.7. The molecular formula is C108H137ClN12O25. The number of aromatic amines is 2. The van der Waals surface area contributed by atoms with Crippen LogP contribution in [0.3, 0.4) is 0 Å². The zero-order valence-electron chi connectivity index (χ0n) is 84.1. The van der Waals surface area contributed by atoms with E-state index in [0.29, 0.717) is 88.3 Å². The van der Waals surface area contributed by atoms with Gasteiger partial charge in [-0.05, 0) is 220 Å². The number of methoxy groups -OCH3 is 7. The normalized spacial score (nSPS) is 19.5. The summed E-state index contributed by atoms with van der Waals surface area (Å²) in [6, 6.07) is 42.8. The number of rotatable bonds is 32. The number of ketones is 1. The first-order valence-corrected chi connectivity index (χ1v) is 49.3. The van der Waals surface area contributed by atoms with Gasteiger partial charge in [-0.1, -0.05) is 130 Å². The lowest BCUT2D eigenvalue weighted by Gasteiger charge is -2.25. The van der Waals surface area contributed by atoms with Crippen LogP contribution in [-0.2, 0) is 142 Å². The van der Waals surface area contributed by atoms with Gasteiger partial charge in [0.1, 0.15) is 41.4 Å². The number of H-pyrrole nitrogens is 2. The van der Waals surface area contributed by atoms with Gasteiger partial charge in [-0.25, -0.2) is 19.2 Å². The Labute approximate surface area is 853 Å². The van der Waals surface area contributed by atoms with Crippen LogP contribution in [0.15, 0.2) is 146 Å². The number of carboxylic acids is 2. The molecular weight excluding hydrogens is 1900 g/mol. The summed E-state index contributed by atoms with van der Waals surface area (Å²) in [4.78, 5) is 197. The van der Waals surface area contributed by atoms with Gasteiger partial charge in [-0.15, -0.1) is 12.4 Å². The third-order valence-electron chi connectivity index (χ3n) is 29.0. The zero-order valence-corrected chi connectivity index (χ0v) is 84.9. The first-order valence-electron chi connectivity index (χ1n) is 49.3. The molecule has 8 amide bonds. The van der Waals surface area contributed by atoms with Crippen LogP contribution in [0.2, 0.25) is 0 Å². The number of carbonyl (C=O) groups is 16. The maximum atomic E-state index is 13.8. The molecule has 0 unspecified atom stereocenters. The first-order chi connectivity index (χ1) is 69.5. The summed E-state index contributed by atoms with van der Waals surface area (Å²) >= 11 is 0. The smallest absolute Gasteiger partial charge is 0.352 e. The van der Waals surface area contributed by atoms with E-state index >= 15 is 0 Å². The number of hydrogen-bond acceptors (Lipinski definition) is 25. The molecule has 38 heteroatoms. The van der Waals surface area contributed by atoms with Crippen molar-refractivity contribution in [2.45, 2.75) is 173 Å². The number of Topliss-reactive ketones (excluding diaryl/α,β-unsaturated/α-hetero) is 1. The Morgan fingerprint density at radius 3 is 1.00 bits per heavy atom. The largest absolute Gasteiger partial charge is 0.496 e. The molecule has 786 valence electrons. The lowest BCUT2D eigenvalue weighted by molar-refractivity contribution is -0.147. The van der Waals surface area contributed by atoms with Crippen molar-refractivity contribution in [1.82, 2.24) is 52.5 Å². The number of carboxylic acid groups (broad SMARTS) is 2. The van der Waals surface area contributed by atoms with Gasteiger partial charge in [-0.3, -0.25) is 57.5 Å². The highest BCUT2D eigenvalue weighted by molar-refractivity contribution is 6.03. The summed E-state index contributed by atoms with van der Waals surface area (Å²) in [6.45, 7) is 8.65. The fourth-order valence-corrected chi connectivity index (χ4v) is 20.3. The van der Waals surface area contributed by atoms with Crippen LogP contribution in [0.5, 0.6) is 11.5 Å². The third-order valence-corrected chi connectivity index (χ3v) is 29.0. The molecule has 17 rings (SSSR count). The summed E-state index contributed by atoms with van der Waals surface area (Å²) in [5.74, 6) is -6.03. The van der Waals surface area contributed by atoms with Crippen molar-refractivity contribution in [3.05, 3.63) is 201 Å². The minimum absolute atomic E-state index is 0. The minimum atomic E-state index is -0.977. The lowest BCUT2D eigenvalue weighted by Crippen LogP contribution is -2.52. The summed E-state index contributed by atoms with van der Waals surface area (Å²) < 4.78 is 34.2. The van der Waals surface area contributed by atoms with Gasteiger partial charge < -0.3 is 107 Å². The standard InChI is InChI=1S/C30H33N3O6.C20H26N2O4.C19H25N3O4.C12H14O2.C10H9NO3.C9H15NO3.C8H14N2O3.ClH/c1-38-27-9-5-8-23-22(27)15-24(32-23)26(34)16-21(20-12-17-6-3-4-7-18(17)13-20)29(36)33-25(30(37)39-2)14-19-10-11-31-28(19)35;1-12(16-9-13-5-3-4-6-14(13)10-16)18(23)22-17(20(25)26-2)11-15-7-8-21-19(15)24;1-26-19(25)15(10-13-6-7-21-17(13)23)22-18(24)16(20)14-8-11-4-2-3-5-12(11)9-14;1-8(12(13)14)11-6-9-4-2-3-5-10(9)7-11;1-14-9-4-2-3-7-6(9)5-8(11-7)10(12)13;1-6(9(12)13-2)5-7-3-4-10-8(7)11;1-13-8(12)6(9)4-5-2-3-10-7(5)11;/h3-9,15,19-21,25,32H,10-14,16H2,1-2H3,(H,31,35)(H,33,36);3-6,12,15-17H,7-11H2,1-2H3,(H,21,24)(H,22,23);2-5,13-16H,6-10,20H2,1H3,(H,21,23)(H,22,24);2-5,8,11H,6-7H2,1H3,(H,13,14);2-5,11H,1H3,(H,12,13);6-7H,3-5H2,1-2H3,(H,10,11);5-6H,2-4,9H2,1H3,(H,10,11);1H/t19-,21-,25-;12-,15-,17-;13-,15-,16-;8-;;6-,7-;5-,6-;/m0000.00./s1. The average Bonchev–Trinajstić information content (AvgIpc) is 1.66. The van der Waals surface area contributed by atoms with Gasteiger partial charge >= 0.3 is 41.8 Å². The number of fused-ring (bicyclic) bond motifs is 6. The van der Waals surface area contributed by atoms with Crippen molar-refractivity contribution < 1.29 is 120 Å². The van der Waals surface area contributed by atoms with E-state index < -0.39 is 71.9 Å². The molecule has 5 aliphatic heterocycles. The fourth-order valence-electron chi connectivity index (χ4n) is 20.3. The molecule has 8 aromatic rings. The highest BCUT2D eigenvalue weighted by Crippen LogP contribution is 2.39. The van der Waals surface area contributed by atoms with Gasteiger partial charge in [-0.2, -0.15) is 0 Å².